The van der Waals surface area contributed by atoms with Crippen molar-refractivity contribution < 1.29 is 28.7 Å². The van der Waals surface area contributed by atoms with Gasteiger partial charge in [0.25, 0.3) is 0 Å². The molecule has 10 nitrogen and oxygen atoms in total. The van der Waals surface area contributed by atoms with Crippen LogP contribution in [0.4, 0.5) is 0 Å². The fourth-order valence-electron chi connectivity index (χ4n) is 5.27. The summed E-state index contributed by atoms with van der Waals surface area (Å²) in [5, 5.41) is 0. The summed E-state index contributed by atoms with van der Waals surface area (Å²) in [7, 11) is 0. The molecule has 4 rings (SSSR count). The zero-order chi connectivity index (χ0) is 24.4. The van der Waals surface area contributed by atoms with Crippen molar-refractivity contribution in [2.24, 2.45) is 17.8 Å². The highest BCUT2D eigenvalue weighted by molar-refractivity contribution is 6.35. The van der Waals surface area contributed by atoms with Crippen LogP contribution in [0.3, 0.4) is 0 Å². The average Bonchev–Trinajstić information content (AvgIpc) is 3.11. The molecular formula is C24H34N4O6. The van der Waals surface area contributed by atoms with Crippen molar-refractivity contribution in [3.63, 3.8) is 0 Å². The zero-order valence-electron chi connectivity index (χ0n) is 20.0. The molecule has 0 bridgehead atoms. The highest BCUT2D eigenvalue weighted by atomic mass is 16.5. The highest BCUT2D eigenvalue weighted by Crippen LogP contribution is 2.37. The minimum atomic E-state index is -0.831. The third-order valence-corrected chi connectivity index (χ3v) is 7.19. The van der Waals surface area contributed by atoms with Crippen molar-refractivity contribution in [2.75, 3.05) is 52.5 Å². The predicted molar refractivity (Wildman–Crippen MR) is 121 cm³/mol. The molecule has 34 heavy (non-hydrogen) atoms. The Morgan fingerprint density at radius 3 is 1.79 bits per heavy atom. The van der Waals surface area contributed by atoms with E-state index < -0.39 is 17.9 Å². The first kappa shape index (κ1) is 24.4. The molecule has 3 unspecified atom stereocenters. The molecule has 0 aromatic rings. The molecule has 3 saturated heterocycles. The van der Waals surface area contributed by atoms with Gasteiger partial charge >= 0.3 is 11.8 Å². The molecule has 10 heteroatoms. The minimum Gasteiger partial charge on any atom is -0.378 e. The van der Waals surface area contributed by atoms with Crippen LogP contribution >= 0.6 is 0 Å². The molecule has 186 valence electrons. The molecular weight excluding hydrogens is 440 g/mol. The first-order valence-electron chi connectivity index (χ1n) is 12.3. The summed E-state index contributed by atoms with van der Waals surface area (Å²) >= 11 is 0. The number of ether oxygens (including phenoxy) is 1. The molecule has 0 aromatic heterocycles. The van der Waals surface area contributed by atoms with Crippen molar-refractivity contribution in [1.29, 1.82) is 0 Å². The van der Waals surface area contributed by atoms with Gasteiger partial charge in [0.15, 0.2) is 0 Å². The number of rotatable bonds is 4. The summed E-state index contributed by atoms with van der Waals surface area (Å²) in [5.74, 6) is -2.48. The van der Waals surface area contributed by atoms with Gasteiger partial charge in [-0.2, -0.15) is 0 Å². The van der Waals surface area contributed by atoms with Gasteiger partial charge in [0, 0.05) is 39.3 Å². The van der Waals surface area contributed by atoms with Crippen LogP contribution in [-0.4, -0.2) is 108 Å². The van der Waals surface area contributed by atoms with Crippen LogP contribution in [0.15, 0.2) is 12.2 Å². The van der Waals surface area contributed by atoms with E-state index in [9.17, 15) is 24.0 Å². The van der Waals surface area contributed by atoms with Crippen LogP contribution in [0.25, 0.3) is 0 Å². The number of likely N-dealkylation sites (tertiary alicyclic amines) is 1. The monoisotopic (exact) mass is 474 g/mol. The van der Waals surface area contributed by atoms with Crippen LogP contribution in [0.1, 0.15) is 33.1 Å². The molecule has 0 radical (unpaired) electrons. The Morgan fingerprint density at radius 2 is 1.29 bits per heavy atom. The van der Waals surface area contributed by atoms with E-state index in [-0.39, 0.29) is 61.7 Å². The third kappa shape index (κ3) is 4.73. The standard InChI is InChI=1S/C24H34N4O6/c1-16(2)15-19(28-20(29)17-5-3-4-6-18(17)21(28)30)22(31)25-7-9-26(10-8-25)23(32)24(33)27-11-13-34-14-12-27/h3-4,16-19H,5-15H2,1-2H3. The van der Waals surface area contributed by atoms with E-state index in [1.807, 2.05) is 26.0 Å². The zero-order valence-corrected chi connectivity index (χ0v) is 20.0. The van der Waals surface area contributed by atoms with Gasteiger partial charge in [-0.1, -0.05) is 26.0 Å². The number of piperazine rings is 1. The van der Waals surface area contributed by atoms with Gasteiger partial charge in [-0.15, -0.1) is 0 Å². The molecule has 3 fully saturated rings. The summed E-state index contributed by atoms with van der Waals surface area (Å²) in [5.41, 5.74) is 0. The summed E-state index contributed by atoms with van der Waals surface area (Å²) < 4.78 is 5.24. The van der Waals surface area contributed by atoms with E-state index in [0.717, 1.165) is 0 Å². The molecule has 3 aliphatic heterocycles. The number of morpholine rings is 1. The van der Waals surface area contributed by atoms with Crippen LogP contribution < -0.4 is 0 Å². The van der Waals surface area contributed by atoms with Crippen LogP contribution in [0.5, 0.6) is 0 Å². The minimum absolute atomic E-state index is 0.115. The molecule has 0 saturated carbocycles. The lowest BCUT2D eigenvalue weighted by Gasteiger charge is -2.38. The van der Waals surface area contributed by atoms with Gasteiger partial charge in [-0.25, -0.2) is 0 Å². The van der Waals surface area contributed by atoms with Crippen molar-refractivity contribution in [1.82, 2.24) is 19.6 Å². The summed E-state index contributed by atoms with van der Waals surface area (Å²) in [4.78, 5) is 70.8. The molecule has 1 aliphatic carbocycles. The largest absolute Gasteiger partial charge is 0.378 e. The topological polar surface area (TPSA) is 108 Å². The number of hydrogen-bond acceptors (Lipinski definition) is 6. The summed E-state index contributed by atoms with van der Waals surface area (Å²) in [6.07, 6.45) is 5.34. The normalized spacial score (nSPS) is 26.2. The molecule has 5 amide bonds. The van der Waals surface area contributed by atoms with Gasteiger partial charge in [-0.3, -0.25) is 28.9 Å². The lowest BCUT2D eigenvalue weighted by molar-refractivity contribution is -0.157. The van der Waals surface area contributed by atoms with Gasteiger partial charge in [-0.05, 0) is 25.2 Å². The van der Waals surface area contributed by atoms with Crippen molar-refractivity contribution in [3.05, 3.63) is 12.2 Å². The number of carbonyl (C=O) groups is 5. The van der Waals surface area contributed by atoms with E-state index in [0.29, 0.717) is 45.6 Å². The Morgan fingerprint density at radius 1 is 0.824 bits per heavy atom. The maximum absolute atomic E-state index is 13.5. The SMILES string of the molecule is CC(C)CC(C(=O)N1CCN(C(=O)C(=O)N2CCOCC2)CC1)N1C(=O)C2CC=CCC2C1=O. The Labute approximate surface area is 199 Å². The summed E-state index contributed by atoms with van der Waals surface area (Å²) in [6.45, 7) is 6.58. The Balaban J connectivity index is 1.40. The fourth-order valence-corrected chi connectivity index (χ4v) is 5.27. The van der Waals surface area contributed by atoms with Crippen molar-refractivity contribution in [3.8, 4) is 0 Å². The predicted octanol–water partition coefficient (Wildman–Crippen LogP) is -0.118. The second-order valence-corrected chi connectivity index (χ2v) is 9.87. The molecule has 0 spiro atoms. The van der Waals surface area contributed by atoms with E-state index in [1.165, 1.54) is 14.7 Å². The molecule has 3 atom stereocenters. The van der Waals surface area contributed by atoms with Gasteiger partial charge in [0.05, 0.1) is 25.0 Å². The molecule has 3 heterocycles. The van der Waals surface area contributed by atoms with Crippen LogP contribution in [0.2, 0.25) is 0 Å². The van der Waals surface area contributed by atoms with Gasteiger partial charge in [0.2, 0.25) is 17.7 Å². The first-order chi connectivity index (χ1) is 16.3. The Bertz CT molecular complexity index is 847. The maximum Gasteiger partial charge on any atom is 0.312 e. The van der Waals surface area contributed by atoms with Crippen LogP contribution in [-0.2, 0) is 28.7 Å². The lowest BCUT2D eigenvalue weighted by atomic mass is 9.85. The van der Waals surface area contributed by atoms with E-state index in [2.05, 4.69) is 0 Å². The van der Waals surface area contributed by atoms with E-state index in [1.54, 1.807) is 4.90 Å². The third-order valence-electron chi connectivity index (χ3n) is 7.19. The molecule has 0 N–H and O–H groups in total. The quantitative estimate of drug-likeness (QED) is 0.320. The second kappa shape index (κ2) is 10.2. The van der Waals surface area contributed by atoms with Crippen molar-refractivity contribution >= 4 is 29.5 Å². The van der Waals surface area contributed by atoms with Gasteiger partial charge in [0.1, 0.15) is 6.04 Å². The highest BCUT2D eigenvalue weighted by Gasteiger charge is 2.51. The number of imide groups is 1. The number of fused-ring (bicyclic) bond motifs is 1. The van der Waals surface area contributed by atoms with Crippen molar-refractivity contribution in [2.45, 2.75) is 39.2 Å². The number of allylic oxidation sites excluding steroid dienone is 2. The Hall–Kier alpha value is -2.75. The molecule has 4 aliphatic rings. The smallest absolute Gasteiger partial charge is 0.312 e. The second-order valence-electron chi connectivity index (χ2n) is 9.87. The fraction of sp³-hybridized carbons (Fsp3) is 0.708. The Kier molecular flexibility index (Phi) is 7.35. The first-order valence-corrected chi connectivity index (χ1v) is 12.3. The van der Waals surface area contributed by atoms with Gasteiger partial charge < -0.3 is 19.4 Å². The number of nitrogens with zero attached hydrogens (tertiary/aromatic N) is 4. The van der Waals surface area contributed by atoms with E-state index in [4.69, 9.17) is 4.74 Å². The number of amides is 5. The number of carbonyl (C=O) groups excluding carboxylic acids is 5. The number of hydrogen-bond donors (Lipinski definition) is 0. The summed E-state index contributed by atoms with van der Waals surface area (Å²) in [6, 6.07) is -0.831. The van der Waals surface area contributed by atoms with E-state index >= 15 is 0 Å². The van der Waals surface area contributed by atoms with Crippen LogP contribution in [0, 0.1) is 17.8 Å². The molecule has 0 aromatic carbocycles. The average molecular weight is 475 g/mol. The lowest BCUT2D eigenvalue weighted by Crippen LogP contribution is -2.59. The maximum atomic E-state index is 13.5.